The summed E-state index contributed by atoms with van der Waals surface area (Å²) in [5.74, 6) is 0.0343. The molecule has 0 aliphatic carbocycles. The Bertz CT molecular complexity index is 1180. The van der Waals surface area contributed by atoms with E-state index >= 15 is 0 Å². The average molecular weight is 378 g/mol. The fraction of sp³-hybridized carbons (Fsp3) is 0.115. The predicted octanol–water partition coefficient (Wildman–Crippen LogP) is 5.36. The van der Waals surface area contributed by atoms with E-state index in [0.717, 1.165) is 28.8 Å². The van der Waals surface area contributed by atoms with Crippen LogP contribution in [0.1, 0.15) is 28.4 Å². The van der Waals surface area contributed by atoms with Crippen molar-refractivity contribution in [2.75, 3.05) is 6.54 Å². The minimum atomic E-state index is -0.111. The molecule has 142 valence electrons. The summed E-state index contributed by atoms with van der Waals surface area (Å²) in [6, 6.07) is 28.5. The van der Waals surface area contributed by atoms with Gasteiger partial charge in [0.05, 0.1) is 6.04 Å². The highest BCUT2D eigenvalue weighted by Gasteiger charge is 2.33. The van der Waals surface area contributed by atoms with Crippen molar-refractivity contribution >= 4 is 22.9 Å². The maximum atomic E-state index is 13.2. The van der Waals surface area contributed by atoms with Gasteiger partial charge in [-0.2, -0.15) is 0 Å². The van der Waals surface area contributed by atoms with Gasteiger partial charge < -0.3 is 9.88 Å². The molecule has 1 N–H and O–H groups in total. The molecule has 0 saturated heterocycles. The van der Waals surface area contributed by atoms with Gasteiger partial charge in [-0.1, -0.05) is 78.9 Å². The van der Waals surface area contributed by atoms with Crippen LogP contribution >= 0.6 is 0 Å². The number of aromatic nitrogens is 1. The fourth-order valence-electron chi connectivity index (χ4n) is 4.29. The molecule has 0 radical (unpaired) electrons. The number of carbonyl (C=O) groups excluding carboxylic acids is 1. The molecule has 3 heteroatoms. The minimum Gasteiger partial charge on any atom is -0.356 e. The first-order valence-corrected chi connectivity index (χ1v) is 9.99. The second-order valence-electron chi connectivity index (χ2n) is 7.40. The fourth-order valence-corrected chi connectivity index (χ4v) is 4.29. The average Bonchev–Trinajstić information content (AvgIpc) is 3.17. The molecule has 1 aliphatic rings. The van der Waals surface area contributed by atoms with Crippen LogP contribution in [0.5, 0.6) is 0 Å². The monoisotopic (exact) mass is 378 g/mol. The van der Waals surface area contributed by atoms with Gasteiger partial charge in [0.25, 0.3) is 0 Å². The van der Waals surface area contributed by atoms with Crippen LogP contribution in [0.15, 0.2) is 91.0 Å². The highest BCUT2D eigenvalue weighted by atomic mass is 16.2. The van der Waals surface area contributed by atoms with E-state index < -0.39 is 0 Å². The summed E-state index contributed by atoms with van der Waals surface area (Å²) in [5.41, 5.74) is 5.74. The predicted molar refractivity (Wildman–Crippen MR) is 117 cm³/mol. The number of amides is 1. The Morgan fingerprint density at radius 2 is 1.59 bits per heavy atom. The SMILES string of the molecule is O=C(/C=C/c1ccccc1)N1CCc2c([nH]c3ccccc23)C1c1ccccc1. The minimum absolute atomic E-state index is 0.0343. The van der Waals surface area contributed by atoms with E-state index in [2.05, 4.69) is 35.3 Å². The van der Waals surface area contributed by atoms with Crippen LogP contribution in [-0.4, -0.2) is 22.3 Å². The van der Waals surface area contributed by atoms with E-state index in [-0.39, 0.29) is 11.9 Å². The van der Waals surface area contributed by atoms with Crippen LogP contribution in [0.4, 0.5) is 0 Å². The molecule has 0 bridgehead atoms. The summed E-state index contributed by atoms with van der Waals surface area (Å²) in [5, 5.41) is 1.26. The van der Waals surface area contributed by atoms with Crippen LogP contribution < -0.4 is 0 Å². The van der Waals surface area contributed by atoms with Gasteiger partial charge in [-0.15, -0.1) is 0 Å². The first-order valence-electron chi connectivity index (χ1n) is 9.99. The van der Waals surface area contributed by atoms with Gasteiger partial charge in [-0.3, -0.25) is 4.79 Å². The number of benzene rings is 3. The lowest BCUT2D eigenvalue weighted by molar-refractivity contribution is -0.128. The lowest BCUT2D eigenvalue weighted by atomic mass is 9.92. The summed E-state index contributed by atoms with van der Waals surface area (Å²) in [7, 11) is 0. The number of H-pyrrole nitrogens is 1. The summed E-state index contributed by atoms with van der Waals surface area (Å²) < 4.78 is 0. The Kier molecular flexibility index (Phi) is 4.49. The molecule has 1 aliphatic heterocycles. The largest absolute Gasteiger partial charge is 0.356 e. The quantitative estimate of drug-likeness (QED) is 0.479. The molecule has 0 spiro atoms. The maximum absolute atomic E-state index is 13.2. The Morgan fingerprint density at radius 1 is 0.897 bits per heavy atom. The lowest BCUT2D eigenvalue weighted by Crippen LogP contribution is -2.39. The smallest absolute Gasteiger partial charge is 0.247 e. The molecule has 1 aromatic heterocycles. The number of rotatable bonds is 3. The van der Waals surface area contributed by atoms with Gasteiger partial charge in [-0.05, 0) is 35.3 Å². The Hall–Kier alpha value is -3.59. The number of para-hydroxylation sites is 1. The summed E-state index contributed by atoms with van der Waals surface area (Å²) in [6.45, 7) is 0.701. The topological polar surface area (TPSA) is 36.1 Å². The van der Waals surface area contributed by atoms with Crippen molar-refractivity contribution in [3.8, 4) is 0 Å². The number of hydrogen-bond acceptors (Lipinski definition) is 1. The summed E-state index contributed by atoms with van der Waals surface area (Å²) >= 11 is 0. The Balaban J connectivity index is 1.56. The number of hydrogen-bond donors (Lipinski definition) is 1. The Morgan fingerprint density at radius 3 is 2.38 bits per heavy atom. The highest BCUT2D eigenvalue weighted by Crippen LogP contribution is 2.38. The molecule has 1 amide bonds. The van der Waals surface area contributed by atoms with E-state index in [4.69, 9.17) is 0 Å². The molecular formula is C26H22N2O. The van der Waals surface area contributed by atoms with Crippen LogP contribution in [0.2, 0.25) is 0 Å². The van der Waals surface area contributed by atoms with Crippen LogP contribution in [0, 0.1) is 0 Å². The van der Waals surface area contributed by atoms with Gasteiger partial charge in [-0.25, -0.2) is 0 Å². The van der Waals surface area contributed by atoms with Crippen molar-refractivity contribution in [2.24, 2.45) is 0 Å². The van der Waals surface area contributed by atoms with Crippen LogP contribution in [0.3, 0.4) is 0 Å². The normalized spacial score (nSPS) is 16.3. The molecular weight excluding hydrogens is 356 g/mol. The molecule has 1 atom stereocenters. The number of nitrogens with one attached hydrogen (secondary N) is 1. The number of carbonyl (C=O) groups is 1. The zero-order valence-electron chi connectivity index (χ0n) is 16.1. The van der Waals surface area contributed by atoms with Crippen LogP contribution in [0.25, 0.3) is 17.0 Å². The highest BCUT2D eigenvalue weighted by molar-refractivity contribution is 5.93. The molecule has 0 fully saturated rings. The van der Waals surface area contributed by atoms with E-state index in [1.54, 1.807) is 6.08 Å². The molecule has 1 unspecified atom stereocenters. The van der Waals surface area contributed by atoms with E-state index in [1.807, 2.05) is 65.6 Å². The second kappa shape index (κ2) is 7.44. The number of fused-ring (bicyclic) bond motifs is 3. The first-order chi connectivity index (χ1) is 14.3. The van der Waals surface area contributed by atoms with Crippen molar-refractivity contribution in [3.05, 3.63) is 113 Å². The lowest BCUT2D eigenvalue weighted by Gasteiger charge is -2.35. The van der Waals surface area contributed by atoms with Gasteiger partial charge in [0, 0.05) is 29.2 Å². The van der Waals surface area contributed by atoms with Crippen molar-refractivity contribution < 1.29 is 4.79 Å². The maximum Gasteiger partial charge on any atom is 0.247 e. The van der Waals surface area contributed by atoms with Gasteiger partial charge in [0.15, 0.2) is 0 Å². The molecule has 5 rings (SSSR count). The first kappa shape index (κ1) is 17.5. The summed E-state index contributed by atoms with van der Waals surface area (Å²) in [6.07, 6.45) is 4.44. The van der Waals surface area contributed by atoms with Crippen molar-refractivity contribution in [1.29, 1.82) is 0 Å². The molecule has 3 nitrogen and oxygen atoms in total. The molecule has 2 heterocycles. The second-order valence-corrected chi connectivity index (χ2v) is 7.40. The third-order valence-electron chi connectivity index (χ3n) is 5.65. The zero-order chi connectivity index (χ0) is 19.6. The van der Waals surface area contributed by atoms with Gasteiger partial charge in [0.1, 0.15) is 0 Å². The van der Waals surface area contributed by atoms with E-state index in [0.29, 0.717) is 6.54 Å². The third-order valence-corrected chi connectivity index (χ3v) is 5.65. The number of nitrogens with zero attached hydrogens (tertiary/aromatic N) is 1. The number of aromatic amines is 1. The van der Waals surface area contributed by atoms with E-state index in [1.165, 1.54) is 10.9 Å². The van der Waals surface area contributed by atoms with Crippen molar-refractivity contribution in [3.63, 3.8) is 0 Å². The van der Waals surface area contributed by atoms with Crippen molar-refractivity contribution in [1.82, 2.24) is 9.88 Å². The van der Waals surface area contributed by atoms with Gasteiger partial charge >= 0.3 is 0 Å². The molecule has 0 saturated carbocycles. The molecule has 4 aromatic rings. The standard InChI is InChI=1S/C26H22N2O/c29-24(16-15-19-9-3-1-4-10-19)28-18-17-22-21-13-7-8-14-23(21)27-25(22)26(28)20-11-5-2-6-12-20/h1-16,26-27H,17-18H2/b16-15+. The van der Waals surface area contributed by atoms with Crippen LogP contribution in [-0.2, 0) is 11.2 Å². The van der Waals surface area contributed by atoms with Gasteiger partial charge in [0.2, 0.25) is 5.91 Å². The van der Waals surface area contributed by atoms with Crippen molar-refractivity contribution in [2.45, 2.75) is 12.5 Å². The Labute approximate surface area is 170 Å². The third kappa shape index (κ3) is 3.25. The zero-order valence-corrected chi connectivity index (χ0v) is 16.1. The van der Waals surface area contributed by atoms with E-state index in [9.17, 15) is 4.79 Å². The molecule has 29 heavy (non-hydrogen) atoms. The summed E-state index contributed by atoms with van der Waals surface area (Å²) in [4.78, 5) is 18.8. The molecule has 3 aromatic carbocycles.